The van der Waals surface area contributed by atoms with Crippen molar-refractivity contribution >= 4 is 28.4 Å². The molecule has 2 aromatic carbocycles. The number of carbonyl (C=O) groups is 2. The summed E-state index contributed by atoms with van der Waals surface area (Å²) in [7, 11) is 3.06. The molecule has 0 spiro atoms. The van der Waals surface area contributed by atoms with E-state index < -0.39 is 0 Å². The number of ether oxygens (including phenoxy) is 2. The third-order valence-electron chi connectivity index (χ3n) is 5.54. The minimum absolute atomic E-state index is 0.0554. The van der Waals surface area contributed by atoms with E-state index in [9.17, 15) is 14.0 Å². The molecular weight excluding hydrogens is 401 g/mol. The number of carbonyl (C=O) groups excluding carboxylic acids is 2. The predicted octanol–water partition coefficient (Wildman–Crippen LogP) is 3.63. The Labute approximate surface area is 179 Å². The van der Waals surface area contributed by atoms with E-state index in [0.29, 0.717) is 36.7 Å². The van der Waals surface area contributed by atoms with Gasteiger partial charge in [-0.2, -0.15) is 0 Å². The first-order valence-corrected chi connectivity index (χ1v) is 10.1. The second kappa shape index (κ2) is 8.67. The number of hydrogen-bond acceptors (Lipinski definition) is 4. The lowest BCUT2D eigenvalue weighted by atomic mass is 10.0. The number of benzene rings is 2. The Morgan fingerprint density at radius 2 is 1.97 bits per heavy atom. The number of amides is 2. The summed E-state index contributed by atoms with van der Waals surface area (Å²) in [6.45, 7) is 0.973. The Morgan fingerprint density at radius 1 is 1.13 bits per heavy atom. The fourth-order valence-corrected chi connectivity index (χ4v) is 3.89. The molecule has 2 N–H and O–H groups in total. The summed E-state index contributed by atoms with van der Waals surface area (Å²) in [5.74, 6) is 0.418. The smallest absolute Gasteiger partial charge is 0.224 e. The van der Waals surface area contributed by atoms with Gasteiger partial charge < -0.3 is 24.7 Å². The van der Waals surface area contributed by atoms with E-state index in [1.807, 2.05) is 0 Å². The van der Waals surface area contributed by atoms with Crippen LogP contribution in [0.2, 0.25) is 0 Å². The van der Waals surface area contributed by atoms with E-state index in [-0.39, 0.29) is 30.5 Å². The molecule has 0 atom stereocenters. The molecule has 7 nitrogen and oxygen atoms in total. The lowest BCUT2D eigenvalue weighted by Crippen LogP contribution is -2.36. The average Bonchev–Trinajstić information content (AvgIpc) is 3.14. The lowest BCUT2D eigenvalue weighted by molar-refractivity contribution is -0.133. The van der Waals surface area contributed by atoms with Crippen LogP contribution in [0.3, 0.4) is 0 Å². The third kappa shape index (κ3) is 4.33. The molecule has 1 aliphatic heterocycles. The highest BCUT2D eigenvalue weighted by molar-refractivity contribution is 5.94. The number of anilines is 1. The van der Waals surface area contributed by atoms with Crippen molar-refractivity contribution in [1.29, 1.82) is 0 Å². The molecule has 0 aliphatic carbocycles. The summed E-state index contributed by atoms with van der Waals surface area (Å²) in [6, 6.07) is 9.72. The number of aromatic amines is 1. The maximum Gasteiger partial charge on any atom is 0.224 e. The lowest BCUT2D eigenvalue weighted by Gasteiger charge is -2.27. The van der Waals surface area contributed by atoms with Crippen LogP contribution in [0.15, 0.2) is 36.4 Å². The normalized spacial score (nSPS) is 13.1. The fraction of sp³-hybridized carbons (Fsp3) is 0.304. The Kier molecular flexibility index (Phi) is 5.79. The number of nitrogens with one attached hydrogen (secondary N) is 2. The highest BCUT2D eigenvalue weighted by Gasteiger charge is 2.24. The second-order valence-corrected chi connectivity index (χ2v) is 7.45. The first-order valence-electron chi connectivity index (χ1n) is 10.1. The molecule has 2 heterocycles. The highest BCUT2D eigenvalue weighted by atomic mass is 19.1. The van der Waals surface area contributed by atoms with E-state index in [1.165, 1.54) is 19.2 Å². The van der Waals surface area contributed by atoms with Gasteiger partial charge in [-0.15, -0.1) is 0 Å². The predicted molar refractivity (Wildman–Crippen MR) is 115 cm³/mol. The fourth-order valence-electron chi connectivity index (χ4n) is 3.89. The van der Waals surface area contributed by atoms with Crippen LogP contribution in [0.1, 0.15) is 24.1 Å². The molecule has 162 valence electrons. The summed E-state index contributed by atoms with van der Waals surface area (Å²) in [5, 5.41) is 3.58. The Balaban J connectivity index is 1.37. The summed E-state index contributed by atoms with van der Waals surface area (Å²) in [5.41, 5.74) is 3.37. The molecule has 0 fully saturated rings. The van der Waals surface area contributed by atoms with E-state index in [0.717, 1.165) is 22.2 Å². The third-order valence-corrected chi connectivity index (χ3v) is 5.54. The first kappa shape index (κ1) is 20.7. The topological polar surface area (TPSA) is 83.7 Å². The van der Waals surface area contributed by atoms with Crippen LogP contribution < -0.4 is 14.8 Å². The van der Waals surface area contributed by atoms with Crippen LogP contribution in [0.4, 0.5) is 10.1 Å². The van der Waals surface area contributed by atoms with Gasteiger partial charge in [-0.25, -0.2) is 4.39 Å². The number of methoxy groups -OCH3 is 2. The summed E-state index contributed by atoms with van der Waals surface area (Å²) < 4.78 is 24.1. The molecular formula is C23H24FN3O4. The van der Waals surface area contributed by atoms with Gasteiger partial charge in [-0.3, -0.25) is 9.59 Å². The van der Waals surface area contributed by atoms with Gasteiger partial charge in [0.15, 0.2) is 0 Å². The SMILES string of the molecule is COc1ccc(NC(=O)CCC(=O)N2CCc3[nH]c4ccc(F)cc4c3C2)c(OC)c1. The monoisotopic (exact) mass is 425 g/mol. The van der Waals surface area contributed by atoms with E-state index in [4.69, 9.17) is 9.47 Å². The second-order valence-electron chi connectivity index (χ2n) is 7.45. The molecule has 1 aliphatic rings. The van der Waals surface area contributed by atoms with E-state index in [2.05, 4.69) is 10.3 Å². The largest absolute Gasteiger partial charge is 0.497 e. The molecule has 2 amide bonds. The Hall–Kier alpha value is -3.55. The maximum absolute atomic E-state index is 13.7. The van der Waals surface area contributed by atoms with Crippen molar-refractivity contribution in [2.75, 3.05) is 26.1 Å². The number of halogens is 1. The van der Waals surface area contributed by atoms with Crippen LogP contribution in [0.5, 0.6) is 11.5 Å². The highest BCUT2D eigenvalue weighted by Crippen LogP contribution is 2.30. The van der Waals surface area contributed by atoms with Crippen molar-refractivity contribution in [3.63, 3.8) is 0 Å². The van der Waals surface area contributed by atoms with Crippen LogP contribution in [0, 0.1) is 5.82 Å². The van der Waals surface area contributed by atoms with Gasteiger partial charge in [-0.1, -0.05) is 0 Å². The number of nitrogens with zero attached hydrogens (tertiary/aromatic N) is 1. The first-order chi connectivity index (χ1) is 15.0. The molecule has 0 radical (unpaired) electrons. The zero-order valence-corrected chi connectivity index (χ0v) is 17.5. The Bertz CT molecular complexity index is 1140. The van der Waals surface area contributed by atoms with Gasteiger partial charge in [0.05, 0.1) is 19.9 Å². The molecule has 31 heavy (non-hydrogen) atoms. The van der Waals surface area contributed by atoms with Gasteiger partial charge in [0.2, 0.25) is 11.8 Å². The van der Waals surface area contributed by atoms with Gasteiger partial charge >= 0.3 is 0 Å². The Morgan fingerprint density at radius 3 is 2.74 bits per heavy atom. The summed E-state index contributed by atoms with van der Waals surface area (Å²) >= 11 is 0. The molecule has 0 saturated carbocycles. The van der Waals surface area contributed by atoms with Gasteiger partial charge in [0, 0.05) is 60.6 Å². The zero-order chi connectivity index (χ0) is 22.0. The molecule has 0 saturated heterocycles. The average molecular weight is 425 g/mol. The van der Waals surface area contributed by atoms with Crippen molar-refractivity contribution in [2.45, 2.75) is 25.8 Å². The number of fused-ring (bicyclic) bond motifs is 3. The van der Waals surface area contributed by atoms with Crippen LogP contribution >= 0.6 is 0 Å². The van der Waals surface area contributed by atoms with Crippen LogP contribution in [-0.2, 0) is 22.6 Å². The van der Waals surface area contributed by atoms with Crippen molar-refractivity contribution in [1.82, 2.24) is 9.88 Å². The van der Waals surface area contributed by atoms with E-state index >= 15 is 0 Å². The maximum atomic E-state index is 13.7. The molecule has 0 bridgehead atoms. The summed E-state index contributed by atoms with van der Waals surface area (Å²) in [4.78, 5) is 30.1. The number of hydrogen-bond donors (Lipinski definition) is 2. The van der Waals surface area contributed by atoms with Crippen molar-refractivity contribution in [3.05, 3.63) is 53.5 Å². The minimum Gasteiger partial charge on any atom is -0.497 e. The molecule has 3 aromatic rings. The van der Waals surface area contributed by atoms with Gasteiger partial charge in [0.25, 0.3) is 0 Å². The van der Waals surface area contributed by atoms with Crippen LogP contribution in [-0.4, -0.2) is 42.5 Å². The molecule has 0 unspecified atom stereocenters. The molecule has 8 heteroatoms. The van der Waals surface area contributed by atoms with Crippen molar-refractivity contribution in [2.24, 2.45) is 0 Å². The quantitative estimate of drug-likeness (QED) is 0.632. The number of aromatic nitrogens is 1. The van der Waals surface area contributed by atoms with Crippen LogP contribution in [0.25, 0.3) is 10.9 Å². The van der Waals surface area contributed by atoms with E-state index in [1.54, 1.807) is 36.3 Å². The number of rotatable bonds is 6. The van der Waals surface area contributed by atoms with Crippen molar-refractivity contribution in [3.8, 4) is 11.5 Å². The number of H-pyrrole nitrogens is 1. The zero-order valence-electron chi connectivity index (χ0n) is 17.5. The minimum atomic E-state index is -0.302. The molecule has 1 aromatic heterocycles. The standard InChI is InChI=1S/C23H24FN3O4/c1-30-15-4-6-20(21(12-15)31-2)26-22(28)7-8-23(29)27-10-9-19-17(13-27)16-11-14(24)3-5-18(16)25-19/h3-6,11-12,25H,7-10,13H2,1-2H3,(H,26,28). The summed E-state index contributed by atoms with van der Waals surface area (Å²) in [6.07, 6.45) is 0.822. The van der Waals surface area contributed by atoms with Crippen molar-refractivity contribution < 1.29 is 23.5 Å². The van der Waals surface area contributed by atoms with Gasteiger partial charge in [0.1, 0.15) is 17.3 Å². The molecule has 4 rings (SSSR count). The van der Waals surface area contributed by atoms with Gasteiger partial charge in [-0.05, 0) is 30.3 Å².